The van der Waals surface area contributed by atoms with E-state index in [0.717, 1.165) is 19.6 Å². The molecule has 0 aromatic heterocycles. The lowest BCUT2D eigenvalue weighted by atomic mass is 10.2. The highest BCUT2D eigenvalue weighted by Crippen LogP contribution is 2.49. The first-order chi connectivity index (χ1) is 10.3. The van der Waals surface area contributed by atoms with Crippen LogP contribution >= 0.6 is 0 Å². The first kappa shape index (κ1) is 15.3. The van der Waals surface area contributed by atoms with Gasteiger partial charge in [0.1, 0.15) is 5.60 Å². The third kappa shape index (κ3) is 3.27. The summed E-state index contributed by atoms with van der Waals surface area (Å²) >= 11 is 0. The van der Waals surface area contributed by atoms with Crippen LogP contribution in [0.2, 0.25) is 0 Å². The smallest absolute Gasteiger partial charge is 0.410 e. The number of carbonyl (C=O) groups excluding carboxylic acids is 1. The minimum Gasteiger partial charge on any atom is -0.444 e. The predicted molar refractivity (Wildman–Crippen MR) is 86.5 cm³/mol. The van der Waals surface area contributed by atoms with Crippen molar-refractivity contribution in [2.24, 2.45) is 11.8 Å². The highest BCUT2D eigenvalue weighted by atomic mass is 16.6. The molecule has 0 N–H and O–H groups in total. The fourth-order valence-electron chi connectivity index (χ4n) is 3.60. The van der Waals surface area contributed by atoms with Crippen molar-refractivity contribution in [1.82, 2.24) is 9.80 Å². The second-order valence-electron chi connectivity index (χ2n) is 7.60. The number of fused-ring (bicyclic) bond motifs is 1. The number of piperidine rings is 1. The quantitative estimate of drug-likeness (QED) is 0.860. The van der Waals surface area contributed by atoms with Gasteiger partial charge in [-0.25, -0.2) is 4.79 Å². The summed E-state index contributed by atoms with van der Waals surface area (Å²) in [6, 6.07) is 11.2. The van der Waals surface area contributed by atoms with E-state index >= 15 is 0 Å². The van der Waals surface area contributed by atoms with Crippen molar-refractivity contribution < 1.29 is 9.53 Å². The summed E-state index contributed by atoms with van der Waals surface area (Å²) in [5.74, 6) is 1.22. The molecule has 3 rings (SSSR count). The van der Waals surface area contributed by atoms with Crippen LogP contribution in [0.3, 0.4) is 0 Å². The minimum absolute atomic E-state index is 0.163. The van der Waals surface area contributed by atoms with E-state index in [1.165, 1.54) is 5.56 Å². The van der Waals surface area contributed by atoms with Gasteiger partial charge in [0.2, 0.25) is 0 Å². The average molecular weight is 302 g/mol. The summed E-state index contributed by atoms with van der Waals surface area (Å²) in [5.41, 5.74) is 0.937. The van der Waals surface area contributed by atoms with Gasteiger partial charge in [0.25, 0.3) is 0 Å². The van der Waals surface area contributed by atoms with Gasteiger partial charge in [-0.1, -0.05) is 30.3 Å². The van der Waals surface area contributed by atoms with E-state index in [9.17, 15) is 4.79 Å². The van der Waals surface area contributed by atoms with Gasteiger partial charge in [0.15, 0.2) is 0 Å². The van der Waals surface area contributed by atoms with Crippen LogP contribution in [0, 0.1) is 11.8 Å². The Morgan fingerprint density at radius 3 is 2.36 bits per heavy atom. The molecule has 1 aliphatic carbocycles. The van der Waals surface area contributed by atoms with Crippen molar-refractivity contribution in [3.8, 4) is 0 Å². The minimum atomic E-state index is -0.409. The second-order valence-corrected chi connectivity index (χ2v) is 7.60. The number of ether oxygens (including phenoxy) is 1. The SMILES string of the molecule is CN(Cc1ccccc1)C1C2CN(C(=O)OC(C)(C)C)CC21. The zero-order valence-electron chi connectivity index (χ0n) is 14.0. The molecule has 120 valence electrons. The van der Waals surface area contributed by atoms with Crippen molar-refractivity contribution >= 4 is 6.09 Å². The zero-order chi connectivity index (χ0) is 15.9. The van der Waals surface area contributed by atoms with E-state index in [-0.39, 0.29) is 6.09 Å². The molecule has 0 radical (unpaired) electrons. The fourth-order valence-corrected chi connectivity index (χ4v) is 3.60. The Morgan fingerprint density at radius 2 is 1.82 bits per heavy atom. The van der Waals surface area contributed by atoms with E-state index in [1.807, 2.05) is 31.7 Å². The van der Waals surface area contributed by atoms with Gasteiger partial charge in [-0.2, -0.15) is 0 Å². The maximum atomic E-state index is 12.1. The highest BCUT2D eigenvalue weighted by molar-refractivity contribution is 5.69. The molecule has 1 aliphatic heterocycles. The Labute approximate surface area is 133 Å². The second kappa shape index (κ2) is 5.58. The lowest BCUT2D eigenvalue weighted by Gasteiger charge is -2.27. The summed E-state index contributed by atoms with van der Waals surface area (Å²) in [6.07, 6.45) is -0.163. The standard InChI is InChI=1S/C18H26N2O2/c1-18(2,3)22-17(21)20-11-14-15(12-20)16(14)19(4)10-13-8-6-5-7-9-13/h5-9,14-16H,10-12H2,1-4H3. The van der Waals surface area contributed by atoms with Crippen LogP contribution in [-0.4, -0.2) is 47.7 Å². The Balaban J connectivity index is 1.49. The number of hydrogen-bond acceptors (Lipinski definition) is 3. The molecule has 2 fully saturated rings. The van der Waals surface area contributed by atoms with E-state index in [1.54, 1.807) is 0 Å². The largest absolute Gasteiger partial charge is 0.444 e. The molecule has 1 saturated heterocycles. The normalized spacial score (nSPS) is 27.0. The van der Waals surface area contributed by atoms with Gasteiger partial charge in [0.05, 0.1) is 0 Å². The molecule has 2 atom stereocenters. The maximum absolute atomic E-state index is 12.1. The molecule has 0 bridgehead atoms. The summed E-state index contributed by atoms with van der Waals surface area (Å²) < 4.78 is 5.46. The number of amides is 1. The molecule has 4 nitrogen and oxygen atoms in total. The van der Waals surface area contributed by atoms with Crippen LogP contribution in [0.1, 0.15) is 26.3 Å². The molecule has 22 heavy (non-hydrogen) atoms. The van der Waals surface area contributed by atoms with Gasteiger partial charge in [0, 0.05) is 25.7 Å². The van der Waals surface area contributed by atoms with Gasteiger partial charge in [-0.15, -0.1) is 0 Å². The molecular weight excluding hydrogens is 276 g/mol. The molecule has 1 aromatic carbocycles. The first-order valence-corrected chi connectivity index (χ1v) is 8.07. The summed E-state index contributed by atoms with van der Waals surface area (Å²) in [4.78, 5) is 16.4. The molecule has 1 heterocycles. The van der Waals surface area contributed by atoms with E-state index in [2.05, 4.69) is 36.2 Å². The maximum Gasteiger partial charge on any atom is 0.410 e. The van der Waals surface area contributed by atoms with Crippen molar-refractivity contribution in [2.75, 3.05) is 20.1 Å². The number of rotatable bonds is 3. The molecule has 2 aliphatic rings. The lowest BCUT2D eigenvalue weighted by Crippen LogP contribution is -2.39. The molecule has 0 spiro atoms. The Morgan fingerprint density at radius 1 is 1.23 bits per heavy atom. The van der Waals surface area contributed by atoms with Gasteiger partial charge in [-0.3, -0.25) is 4.90 Å². The van der Waals surface area contributed by atoms with E-state index < -0.39 is 5.60 Å². The van der Waals surface area contributed by atoms with Gasteiger partial charge < -0.3 is 9.64 Å². The first-order valence-electron chi connectivity index (χ1n) is 8.07. The van der Waals surface area contributed by atoms with Crippen molar-refractivity contribution in [2.45, 2.75) is 39.0 Å². The number of benzene rings is 1. The summed E-state index contributed by atoms with van der Waals surface area (Å²) in [5, 5.41) is 0. The Bertz CT molecular complexity index is 526. The van der Waals surface area contributed by atoms with E-state index in [0.29, 0.717) is 17.9 Å². The monoisotopic (exact) mass is 302 g/mol. The molecule has 2 unspecified atom stereocenters. The van der Waals surface area contributed by atoms with Crippen LogP contribution in [-0.2, 0) is 11.3 Å². The summed E-state index contributed by atoms with van der Waals surface area (Å²) in [7, 11) is 2.19. The topological polar surface area (TPSA) is 32.8 Å². The molecule has 4 heteroatoms. The molecule has 1 aromatic rings. The third-order valence-electron chi connectivity index (χ3n) is 4.58. The lowest BCUT2D eigenvalue weighted by molar-refractivity contribution is 0.0258. The van der Waals surface area contributed by atoms with E-state index in [4.69, 9.17) is 4.74 Å². The van der Waals surface area contributed by atoms with Gasteiger partial charge >= 0.3 is 6.09 Å². The van der Waals surface area contributed by atoms with Crippen LogP contribution in [0.25, 0.3) is 0 Å². The van der Waals surface area contributed by atoms with Gasteiger partial charge in [-0.05, 0) is 45.2 Å². The number of nitrogens with zero attached hydrogens (tertiary/aromatic N) is 2. The Hall–Kier alpha value is -1.55. The Kier molecular flexibility index (Phi) is 3.89. The van der Waals surface area contributed by atoms with Crippen molar-refractivity contribution in [1.29, 1.82) is 0 Å². The fraction of sp³-hybridized carbons (Fsp3) is 0.611. The molecule has 1 amide bonds. The van der Waals surface area contributed by atoms with Crippen LogP contribution in [0.4, 0.5) is 4.79 Å². The molecular formula is C18H26N2O2. The third-order valence-corrected chi connectivity index (χ3v) is 4.58. The van der Waals surface area contributed by atoms with Crippen molar-refractivity contribution in [3.05, 3.63) is 35.9 Å². The van der Waals surface area contributed by atoms with Crippen LogP contribution in [0.15, 0.2) is 30.3 Å². The summed E-state index contributed by atoms with van der Waals surface area (Å²) in [6.45, 7) is 8.39. The average Bonchev–Trinajstić information content (AvgIpc) is 2.93. The highest BCUT2D eigenvalue weighted by Gasteiger charge is 2.58. The van der Waals surface area contributed by atoms with Crippen LogP contribution < -0.4 is 0 Å². The number of likely N-dealkylation sites (tertiary alicyclic amines) is 1. The number of hydrogen-bond donors (Lipinski definition) is 0. The molecule has 1 saturated carbocycles. The number of carbonyl (C=O) groups is 1. The van der Waals surface area contributed by atoms with Crippen molar-refractivity contribution in [3.63, 3.8) is 0 Å². The predicted octanol–water partition coefficient (Wildman–Crippen LogP) is 2.98. The zero-order valence-corrected chi connectivity index (χ0v) is 14.0. The van der Waals surface area contributed by atoms with Crippen LogP contribution in [0.5, 0.6) is 0 Å².